The summed E-state index contributed by atoms with van der Waals surface area (Å²) in [5.41, 5.74) is 4.59. The molecule has 0 atom stereocenters. The molecule has 170 valence electrons. The van der Waals surface area contributed by atoms with Crippen molar-refractivity contribution >= 4 is 5.84 Å². The highest BCUT2D eigenvalue weighted by molar-refractivity contribution is 5.94. The topological polar surface area (TPSA) is 95.6 Å². The number of hydrogen-bond acceptors (Lipinski definition) is 3. The average molecular weight is 456 g/mol. The van der Waals surface area contributed by atoms with E-state index in [-0.39, 0.29) is 22.8 Å². The number of hydrogen-bond donors (Lipinski definition) is 3. The second kappa shape index (κ2) is 9.67. The van der Waals surface area contributed by atoms with Crippen LogP contribution in [0.4, 0.5) is 26.3 Å². The van der Waals surface area contributed by atoms with Crippen LogP contribution < -0.4 is 11.3 Å². The third kappa shape index (κ3) is 6.43. The molecule has 0 spiro atoms. The van der Waals surface area contributed by atoms with Crippen molar-refractivity contribution in [1.82, 2.24) is 9.97 Å². The van der Waals surface area contributed by atoms with Gasteiger partial charge in [-0.1, -0.05) is 31.2 Å². The second-order valence-electron chi connectivity index (χ2n) is 6.50. The first-order valence-electron chi connectivity index (χ1n) is 9.10. The van der Waals surface area contributed by atoms with Gasteiger partial charge in [-0.15, -0.1) is 0 Å². The lowest BCUT2D eigenvalue weighted by atomic mass is 10.1. The van der Waals surface area contributed by atoms with Crippen LogP contribution in [0.1, 0.15) is 29.2 Å². The maximum Gasteiger partial charge on any atom is 0.416 e. The Morgan fingerprint density at radius 1 is 0.938 bits per heavy atom. The van der Waals surface area contributed by atoms with E-state index in [0.29, 0.717) is 17.5 Å². The van der Waals surface area contributed by atoms with E-state index in [1.54, 1.807) is 0 Å². The molecule has 0 amide bonds. The summed E-state index contributed by atoms with van der Waals surface area (Å²) in [6.45, 7) is 1.82. The lowest BCUT2D eigenvalue weighted by Crippen LogP contribution is -2.13. The minimum atomic E-state index is -4.37. The Balaban J connectivity index is 0.000000244. The normalized spacial score (nSPS) is 11.5. The van der Waals surface area contributed by atoms with Crippen molar-refractivity contribution in [2.24, 2.45) is 5.73 Å². The van der Waals surface area contributed by atoms with Crippen molar-refractivity contribution in [2.45, 2.75) is 25.7 Å². The van der Waals surface area contributed by atoms with Gasteiger partial charge in [-0.05, 0) is 30.7 Å². The summed E-state index contributed by atoms with van der Waals surface area (Å²) in [5, 5.41) is 6.96. The molecule has 0 aliphatic heterocycles. The molecular formula is C21H18F6N4O. The van der Waals surface area contributed by atoms with Crippen LogP contribution >= 0.6 is 0 Å². The molecule has 2 aromatic carbocycles. The highest BCUT2D eigenvalue weighted by atomic mass is 19.4. The van der Waals surface area contributed by atoms with Gasteiger partial charge in [0.05, 0.1) is 11.1 Å². The van der Waals surface area contributed by atoms with E-state index >= 15 is 0 Å². The molecule has 4 N–H and O–H groups in total. The third-order valence-corrected chi connectivity index (χ3v) is 4.26. The van der Waals surface area contributed by atoms with Crippen molar-refractivity contribution in [3.05, 3.63) is 87.3 Å². The molecule has 0 radical (unpaired) electrons. The Labute approximate surface area is 178 Å². The highest BCUT2D eigenvalue weighted by Crippen LogP contribution is 2.30. The van der Waals surface area contributed by atoms with Crippen LogP contribution in [0, 0.1) is 5.41 Å². The maximum absolute atomic E-state index is 12.4. The summed E-state index contributed by atoms with van der Waals surface area (Å²) in [6.07, 6.45) is -6.72. The molecule has 0 unspecified atom stereocenters. The molecule has 0 saturated heterocycles. The van der Waals surface area contributed by atoms with E-state index in [4.69, 9.17) is 11.1 Å². The lowest BCUT2D eigenvalue weighted by Gasteiger charge is -2.07. The van der Waals surface area contributed by atoms with Crippen molar-refractivity contribution in [1.29, 1.82) is 5.41 Å². The largest absolute Gasteiger partial charge is 0.416 e. The van der Waals surface area contributed by atoms with Crippen molar-refractivity contribution in [2.75, 3.05) is 0 Å². The molecule has 0 bridgehead atoms. The SMILES string of the molecule is CCc1cnc(-c2ccc(C(F)(F)F)cc2)[nH]c1=O.N=C(N)c1ccc(C(F)(F)F)cc1. The number of nitrogen functional groups attached to an aromatic ring is 1. The Hall–Kier alpha value is -3.63. The Kier molecular flexibility index (Phi) is 7.44. The molecule has 11 heteroatoms. The van der Waals surface area contributed by atoms with Gasteiger partial charge in [0.1, 0.15) is 11.7 Å². The van der Waals surface area contributed by atoms with Crippen molar-refractivity contribution in [3.8, 4) is 11.4 Å². The first-order valence-corrected chi connectivity index (χ1v) is 9.10. The number of rotatable bonds is 3. The lowest BCUT2D eigenvalue weighted by molar-refractivity contribution is -0.138. The van der Waals surface area contributed by atoms with Crippen LogP contribution in [0.25, 0.3) is 11.4 Å². The summed E-state index contributed by atoms with van der Waals surface area (Å²) in [4.78, 5) is 18.2. The fraction of sp³-hybridized carbons (Fsp3) is 0.190. The highest BCUT2D eigenvalue weighted by Gasteiger charge is 2.30. The van der Waals surface area contributed by atoms with Gasteiger partial charge in [0, 0.05) is 22.9 Å². The first kappa shape index (κ1) is 24.6. The number of aromatic nitrogens is 2. The minimum Gasteiger partial charge on any atom is -0.384 e. The summed E-state index contributed by atoms with van der Waals surface area (Å²) >= 11 is 0. The van der Waals surface area contributed by atoms with Gasteiger partial charge in [0.25, 0.3) is 5.56 Å². The molecule has 1 heterocycles. The summed E-state index contributed by atoms with van der Waals surface area (Å²) in [7, 11) is 0. The first-order chi connectivity index (χ1) is 14.8. The Morgan fingerprint density at radius 2 is 1.41 bits per heavy atom. The van der Waals surface area contributed by atoms with Gasteiger partial charge in [0.15, 0.2) is 0 Å². The monoisotopic (exact) mass is 456 g/mol. The van der Waals surface area contributed by atoms with E-state index < -0.39 is 23.5 Å². The Morgan fingerprint density at radius 3 is 1.78 bits per heavy atom. The molecule has 0 fully saturated rings. The van der Waals surface area contributed by atoms with Gasteiger partial charge in [-0.3, -0.25) is 10.2 Å². The fourth-order valence-corrected chi connectivity index (χ4v) is 2.48. The van der Waals surface area contributed by atoms with Gasteiger partial charge < -0.3 is 10.7 Å². The third-order valence-electron chi connectivity index (χ3n) is 4.26. The maximum atomic E-state index is 12.4. The molecular weight excluding hydrogens is 438 g/mol. The smallest absolute Gasteiger partial charge is 0.384 e. The van der Waals surface area contributed by atoms with Gasteiger partial charge in [0.2, 0.25) is 0 Å². The Bertz CT molecular complexity index is 1120. The fourth-order valence-electron chi connectivity index (χ4n) is 2.48. The van der Waals surface area contributed by atoms with Crippen LogP contribution in [0.2, 0.25) is 0 Å². The van der Waals surface area contributed by atoms with Crippen molar-refractivity contribution in [3.63, 3.8) is 0 Å². The van der Waals surface area contributed by atoms with Crippen LogP contribution in [0.15, 0.2) is 59.5 Å². The van der Waals surface area contributed by atoms with E-state index in [9.17, 15) is 31.1 Å². The zero-order chi connectivity index (χ0) is 24.1. The number of nitrogens with one attached hydrogen (secondary N) is 2. The molecule has 0 saturated carbocycles. The van der Waals surface area contributed by atoms with E-state index in [0.717, 1.165) is 24.3 Å². The van der Waals surface area contributed by atoms with Gasteiger partial charge >= 0.3 is 12.4 Å². The molecule has 3 rings (SSSR count). The number of amidine groups is 1. The van der Waals surface area contributed by atoms with Crippen LogP contribution in [-0.4, -0.2) is 15.8 Å². The quantitative estimate of drug-likeness (QED) is 0.294. The van der Waals surface area contributed by atoms with E-state index in [1.807, 2.05) is 6.92 Å². The number of nitrogens with two attached hydrogens (primary N) is 1. The summed E-state index contributed by atoms with van der Waals surface area (Å²) < 4.78 is 73.3. The summed E-state index contributed by atoms with van der Waals surface area (Å²) in [5.74, 6) is 0.0182. The molecule has 1 aromatic heterocycles. The molecule has 0 aliphatic carbocycles. The van der Waals surface area contributed by atoms with Crippen LogP contribution in [-0.2, 0) is 18.8 Å². The molecule has 32 heavy (non-hydrogen) atoms. The average Bonchev–Trinajstić information content (AvgIpc) is 2.73. The van der Waals surface area contributed by atoms with Crippen LogP contribution in [0.5, 0.6) is 0 Å². The number of H-pyrrole nitrogens is 1. The zero-order valence-electron chi connectivity index (χ0n) is 16.6. The number of benzene rings is 2. The number of aromatic amines is 1. The van der Waals surface area contributed by atoms with Crippen LogP contribution in [0.3, 0.4) is 0 Å². The molecule has 0 aliphatic rings. The van der Waals surface area contributed by atoms with Crippen molar-refractivity contribution < 1.29 is 26.3 Å². The predicted molar refractivity (Wildman–Crippen MR) is 107 cm³/mol. The number of halogens is 6. The van der Waals surface area contributed by atoms with E-state index in [1.165, 1.54) is 30.5 Å². The van der Waals surface area contributed by atoms with Gasteiger partial charge in [-0.25, -0.2) is 4.98 Å². The standard InChI is InChI=1S/C13H11F3N2O.C8H7F3N2/c1-2-8-7-17-11(18-12(8)19)9-3-5-10(6-4-9)13(14,15)16;9-8(10,11)6-3-1-5(2-4-6)7(12)13/h3-7H,2H2,1H3,(H,17,18,19);1-4H,(H3,12,13). The minimum absolute atomic E-state index is 0.242. The number of aryl methyl sites for hydroxylation is 1. The number of nitrogens with zero attached hydrogens (tertiary/aromatic N) is 1. The molecule has 5 nitrogen and oxygen atoms in total. The second-order valence-corrected chi connectivity index (χ2v) is 6.50. The van der Waals surface area contributed by atoms with Gasteiger partial charge in [-0.2, -0.15) is 26.3 Å². The van der Waals surface area contributed by atoms with E-state index in [2.05, 4.69) is 9.97 Å². The zero-order valence-corrected chi connectivity index (χ0v) is 16.6. The predicted octanol–water partition coefficient (Wildman–Crippen LogP) is 5.01. The molecule has 3 aromatic rings. The summed E-state index contributed by atoms with van der Waals surface area (Å²) in [6, 6.07) is 8.63. The number of alkyl halides is 6.